The molecule has 18 heavy (non-hydrogen) atoms. The third-order valence-electron chi connectivity index (χ3n) is 2.94. The van der Waals surface area contributed by atoms with Gasteiger partial charge in [0.25, 0.3) is 0 Å². The van der Waals surface area contributed by atoms with Crippen molar-refractivity contribution < 1.29 is 4.74 Å². The third kappa shape index (κ3) is 3.11. The second-order valence-electron chi connectivity index (χ2n) is 4.52. The van der Waals surface area contributed by atoms with E-state index >= 15 is 0 Å². The number of ether oxygens (including phenoxy) is 1. The van der Waals surface area contributed by atoms with E-state index in [4.69, 9.17) is 4.74 Å². The van der Waals surface area contributed by atoms with Crippen molar-refractivity contribution in [3.63, 3.8) is 0 Å². The monoisotopic (exact) mass is 245 g/mol. The molecule has 0 aliphatic heterocycles. The Hall–Kier alpha value is -1.81. The summed E-state index contributed by atoms with van der Waals surface area (Å²) < 4.78 is 7.27. The van der Waals surface area contributed by atoms with Crippen molar-refractivity contribution in [3.05, 3.63) is 48.0 Å². The summed E-state index contributed by atoms with van der Waals surface area (Å²) in [4.78, 5) is 6.38. The van der Waals surface area contributed by atoms with Crippen LogP contribution < -0.4 is 4.74 Å². The minimum Gasteiger partial charge on any atom is -0.497 e. The number of imidazole rings is 1. The number of benzene rings is 1. The highest BCUT2D eigenvalue weighted by atomic mass is 16.5. The fourth-order valence-corrected chi connectivity index (χ4v) is 1.95. The van der Waals surface area contributed by atoms with Gasteiger partial charge in [-0.05, 0) is 24.7 Å². The molecular weight excluding hydrogens is 226 g/mol. The predicted molar refractivity (Wildman–Crippen MR) is 71.4 cm³/mol. The molecule has 0 fully saturated rings. The van der Waals surface area contributed by atoms with E-state index in [0.29, 0.717) is 0 Å². The summed E-state index contributed by atoms with van der Waals surface area (Å²) in [5.74, 6) is 0.904. The summed E-state index contributed by atoms with van der Waals surface area (Å²) in [7, 11) is 5.81. The summed E-state index contributed by atoms with van der Waals surface area (Å²) in [5, 5.41) is 0. The van der Waals surface area contributed by atoms with Crippen molar-refractivity contribution in [2.45, 2.75) is 13.1 Å². The van der Waals surface area contributed by atoms with Crippen LogP contribution in [0.4, 0.5) is 0 Å². The minimum atomic E-state index is 0.883. The first kappa shape index (κ1) is 12.6. The van der Waals surface area contributed by atoms with Gasteiger partial charge in [0, 0.05) is 26.3 Å². The van der Waals surface area contributed by atoms with Crippen LogP contribution in [0.25, 0.3) is 0 Å². The average Bonchev–Trinajstić information content (AvgIpc) is 2.75. The molecule has 2 aromatic rings. The Kier molecular flexibility index (Phi) is 3.99. The maximum absolute atomic E-state index is 5.23. The molecule has 0 aliphatic rings. The van der Waals surface area contributed by atoms with Gasteiger partial charge in [0.05, 0.1) is 19.1 Å². The Bertz CT molecular complexity index is 507. The molecule has 0 N–H and O–H groups in total. The number of rotatable bonds is 5. The van der Waals surface area contributed by atoms with Gasteiger partial charge >= 0.3 is 0 Å². The maximum atomic E-state index is 5.23. The highest BCUT2D eigenvalue weighted by Crippen LogP contribution is 2.14. The molecule has 1 aromatic heterocycles. The van der Waals surface area contributed by atoms with Crippen molar-refractivity contribution >= 4 is 0 Å². The summed E-state index contributed by atoms with van der Waals surface area (Å²) in [6.45, 7) is 1.77. The van der Waals surface area contributed by atoms with E-state index in [1.54, 1.807) is 7.11 Å². The molecule has 0 bridgehead atoms. The number of hydrogen-bond donors (Lipinski definition) is 0. The SMILES string of the molecule is COc1cccc(CN(C)Cc2cncn2C)c1. The van der Waals surface area contributed by atoms with Crippen LogP contribution in [0.15, 0.2) is 36.8 Å². The van der Waals surface area contributed by atoms with Crippen molar-refractivity contribution in [1.29, 1.82) is 0 Å². The van der Waals surface area contributed by atoms with Crippen LogP contribution in [0.5, 0.6) is 5.75 Å². The van der Waals surface area contributed by atoms with Crippen LogP contribution in [0.1, 0.15) is 11.3 Å². The van der Waals surface area contributed by atoms with E-state index in [1.165, 1.54) is 11.3 Å². The van der Waals surface area contributed by atoms with Crippen molar-refractivity contribution in [3.8, 4) is 5.75 Å². The van der Waals surface area contributed by atoms with Gasteiger partial charge < -0.3 is 9.30 Å². The van der Waals surface area contributed by atoms with Gasteiger partial charge in [0.15, 0.2) is 0 Å². The molecule has 0 aliphatic carbocycles. The van der Waals surface area contributed by atoms with Crippen LogP contribution in [0.3, 0.4) is 0 Å². The molecule has 0 saturated carbocycles. The zero-order valence-electron chi connectivity index (χ0n) is 11.1. The summed E-state index contributed by atoms with van der Waals surface area (Å²) in [5.41, 5.74) is 2.46. The van der Waals surface area contributed by atoms with Gasteiger partial charge in [-0.1, -0.05) is 12.1 Å². The molecule has 1 heterocycles. The standard InChI is InChI=1S/C14H19N3O/c1-16(10-13-8-15-11-17(13)2)9-12-5-4-6-14(7-12)18-3/h4-8,11H,9-10H2,1-3H3. The lowest BCUT2D eigenvalue weighted by molar-refractivity contribution is 0.310. The van der Waals surface area contributed by atoms with Crippen LogP contribution in [-0.2, 0) is 20.1 Å². The van der Waals surface area contributed by atoms with Gasteiger partial charge in [-0.3, -0.25) is 4.90 Å². The van der Waals surface area contributed by atoms with Crippen molar-refractivity contribution in [1.82, 2.24) is 14.5 Å². The third-order valence-corrected chi connectivity index (χ3v) is 2.94. The summed E-state index contributed by atoms with van der Waals surface area (Å²) in [6.07, 6.45) is 3.73. The Labute approximate surface area is 108 Å². The maximum Gasteiger partial charge on any atom is 0.119 e. The van der Waals surface area contributed by atoms with E-state index in [-0.39, 0.29) is 0 Å². The molecule has 0 radical (unpaired) electrons. The Balaban J connectivity index is 1.98. The molecule has 1 aromatic carbocycles. The highest BCUT2D eigenvalue weighted by molar-refractivity contribution is 5.28. The number of nitrogens with zero attached hydrogens (tertiary/aromatic N) is 3. The molecule has 0 spiro atoms. The van der Waals surface area contributed by atoms with E-state index in [9.17, 15) is 0 Å². The van der Waals surface area contributed by atoms with Crippen LogP contribution >= 0.6 is 0 Å². The molecule has 4 nitrogen and oxygen atoms in total. The van der Waals surface area contributed by atoms with Crippen LogP contribution in [0.2, 0.25) is 0 Å². The number of aromatic nitrogens is 2. The second kappa shape index (κ2) is 5.69. The molecule has 0 atom stereocenters. The topological polar surface area (TPSA) is 30.3 Å². The van der Waals surface area contributed by atoms with E-state index in [2.05, 4.69) is 29.1 Å². The predicted octanol–water partition coefficient (Wildman–Crippen LogP) is 2.06. The van der Waals surface area contributed by atoms with E-state index in [1.807, 2.05) is 36.3 Å². The largest absolute Gasteiger partial charge is 0.497 e. The molecule has 2 rings (SSSR count). The molecular formula is C14H19N3O. The Morgan fingerprint density at radius 1 is 1.33 bits per heavy atom. The molecule has 96 valence electrons. The highest BCUT2D eigenvalue weighted by Gasteiger charge is 2.05. The van der Waals surface area contributed by atoms with E-state index in [0.717, 1.165) is 18.8 Å². The Morgan fingerprint density at radius 2 is 2.17 bits per heavy atom. The molecule has 0 unspecified atom stereocenters. The average molecular weight is 245 g/mol. The van der Waals surface area contributed by atoms with E-state index < -0.39 is 0 Å². The zero-order valence-corrected chi connectivity index (χ0v) is 11.1. The normalized spacial score (nSPS) is 10.9. The first-order valence-electron chi connectivity index (χ1n) is 5.95. The lowest BCUT2D eigenvalue weighted by Gasteiger charge is -2.17. The van der Waals surface area contributed by atoms with Gasteiger partial charge in [-0.25, -0.2) is 4.98 Å². The second-order valence-corrected chi connectivity index (χ2v) is 4.52. The van der Waals surface area contributed by atoms with Gasteiger partial charge in [0.1, 0.15) is 5.75 Å². The molecule has 0 saturated heterocycles. The fraction of sp³-hybridized carbons (Fsp3) is 0.357. The lowest BCUT2D eigenvalue weighted by Crippen LogP contribution is -2.18. The fourth-order valence-electron chi connectivity index (χ4n) is 1.95. The van der Waals surface area contributed by atoms with Crippen molar-refractivity contribution in [2.75, 3.05) is 14.2 Å². The smallest absolute Gasteiger partial charge is 0.119 e. The zero-order chi connectivity index (χ0) is 13.0. The summed E-state index contributed by atoms with van der Waals surface area (Å²) >= 11 is 0. The molecule has 0 amide bonds. The molecule has 4 heteroatoms. The first-order valence-corrected chi connectivity index (χ1v) is 5.95. The van der Waals surface area contributed by atoms with Crippen LogP contribution in [0, 0.1) is 0 Å². The first-order chi connectivity index (χ1) is 8.69. The minimum absolute atomic E-state index is 0.883. The Morgan fingerprint density at radius 3 is 2.83 bits per heavy atom. The number of hydrogen-bond acceptors (Lipinski definition) is 3. The number of aryl methyl sites for hydroxylation is 1. The van der Waals surface area contributed by atoms with Gasteiger partial charge in [-0.15, -0.1) is 0 Å². The van der Waals surface area contributed by atoms with Crippen molar-refractivity contribution in [2.24, 2.45) is 7.05 Å². The lowest BCUT2D eigenvalue weighted by atomic mass is 10.2. The number of methoxy groups -OCH3 is 1. The van der Waals surface area contributed by atoms with Gasteiger partial charge in [0.2, 0.25) is 0 Å². The summed E-state index contributed by atoms with van der Waals surface area (Å²) in [6, 6.07) is 8.17. The van der Waals surface area contributed by atoms with Gasteiger partial charge in [-0.2, -0.15) is 0 Å². The van der Waals surface area contributed by atoms with Crippen LogP contribution in [-0.4, -0.2) is 28.6 Å². The quantitative estimate of drug-likeness (QED) is 0.807.